The summed E-state index contributed by atoms with van der Waals surface area (Å²) < 4.78 is 59.8. The normalized spacial score (nSPS) is 12.0. The number of anilines is 1. The molecule has 0 spiro atoms. The van der Waals surface area contributed by atoms with Crippen LogP contribution in [-0.2, 0) is 9.84 Å². The molecule has 2 aromatic carbocycles. The monoisotopic (exact) mass is 379 g/mol. The van der Waals surface area contributed by atoms with Crippen molar-refractivity contribution in [2.45, 2.75) is 10.4 Å². The van der Waals surface area contributed by atoms with Crippen LogP contribution in [0.5, 0.6) is 5.75 Å². The summed E-state index contributed by atoms with van der Waals surface area (Å²) in [6, 6.07) is 7.12. The van der Waals surface area contributed by atoms with Gasteiger partial charge in [-0.1, -0.05) is 11.6 Å². The van der Waals surface area contributed by atoms with Gasteiger partial charge < -0.3 is 10.4 Å². The van der Waals surface area contributed by atoms with Crippen molar-refractivity contribution in [1.82, 2.24) is 0 Å². The molecule has 0 fully saturated rings. The fourth-order valence-corrected chi connectivity index (χ4v) is 2.66. The van der Waals surface area contributed by atoms with Crippen molar-refractivity contribution >= 4 is 33.0 Å². The molecule has 128 valence electrons. The number of phenols is 1. The summed E-state index contributed by atoms with van der Waals surface area (Å²) in [7, 11) is -5.48. The maximum absolute atomic E-state index is 12.4. The summed E-state index contributed by atoms with van der Waals surface area (Å²) in [6.45, 7) is 0. The molecule has 10 heteroatoms. The second-order valence-corrected chi connectivity index (χ2v) is 6.97. The second-order valence-electron chi connectivity index (χ2n) is 4.59. The first kappa shape index (κ1) is 18.1. The van der Waals surface area contributed by atoms with Crippen molar-refractivity contribution in [2.24, 2.45) is 0 Å². The molecule has 0 atom stereocenters. The van der Waals surface area contributed by atoms with Gasteiger partial charge in [0.25, 0.3) is 15.7 Å². The Balaban J connectivity index is 2.25. The number of benzene rings is 2. The van der Waals surface area contributed by atoms with Crippen LogP contribution in [-0.4, -0.2) is 24.9 Å². The van der Waals surface area contributed by atoms with Gasteiger partial charge in [-0.15, -0.1) is 0 Å². The van der Waals surface area contributed by atoms with Crippen molar-refractivity contribution in [3.8, 4) is 5.75 Å². The maximum atomic E-state index is 12.4. The number of carbonyl (C=O) groups is 1. The predicted octanol–water partition coefficient (Wildman–Crippen LogP) is 3.59. The SMILES string of the molecule is O=C(Nc1cc(Cl)ccc1O)c1ccc(S(=O)(=O)C(F)(F)F)cc1. The lowest BCUT2D eigenvalue weighted by Crippen LogP contribution is -2.23. The zero-order chi connectivity index (χ0) is 18.1. The number of amides is 1. The quantitative estimate of drug-likeness (QED) is 0.798. The molecule has 0 saturated heterocycles. The van der Waals surface area contributed by atoms with Crippen LogP contribution in [0.2, 0.25) is 5.02 Å². The van der Waals surface area contributed by atoms with Crippen molar-refractivity contribution in [2.75, 3.05) is 5.32 Å². The van der Waals surface area contributed by atoms with E-state index in [9.17, 15) is 31.5 Å². The molecular weight excluding hydrogens is 371 g/mol. The van der Waals surface area contributed by atoms with Gasteiger partial charge in [-0.3, -0.25) is 4.79 Å². The topological polar surface area (TPSA) is 83.5 Å². The Kier molecular flexibility index (Phi) is 4.77. The van der Waals surface area contributed by atoms with Gasteiger partial charge in [0, 0.05) is 10.6 Å². The van der Waals surface area contributed by atoms with Crippen molar-refractivity contribution < 1.29 is 31.5 Å². The number of sulfone groups is 1. The molecule has 0 unspecified atom stereocenters. The molecule has 2 rings (SSSR count). The first-order valence-corrected chi connectivity index (χ1v) is 8.10. The van der Waals surface area contributed by atoms with Crippen molar-refractivity contribution in [1.29, 1.82) is 0 Å². The van der Waals surface area contributed by atoms with Gasteiger partial charge in [-0.2, -0.15) is 13.2 Å². The van der Waals surface area contributed by atoms with Crippen LogP contribution in [0.25, 0.3) is 0 Å². The van der Waals surface area contributed by atoms with E-state index in [4.69, 9.17) is 11.6 Å². The molecule has 0 heterocycles. The Morgan fingerprint density at radius 3 is 2.21 bits per heavy atom. The van der Waals surface area contributed by atoms with Crippen molar-refractivity contribution in [3.63, 3.8) is 0 Å². The van der Waals surface area contributed by atoms with Gasteiger partial charge in [0.15, 0.2) is 0 Å². The van der Waals surface area contributed by atoms with Gasteiger partial charge in [0.1, 0.15) is 5.75 Å². The van der Waals surface area contributed by atoms with E-state index in [1.165, 1.54) is 18.2 Å². The molecule has 24 heavy (non-hydrogen) atoms. The third-order valence-electron chi connectivity index (χ3n) is 2.94. The number of aromatic hydroxyl groups is 1. The predicted molar refractivity (Wildman–Crippen MR) is 80.8 cm³/mol. The first-order valence-electron chi connectivity index (χ1n) is 6.23. The smallest absolute Gasteiger partial charge is 0.501 e. The van der Waals surface area contributed by atoms with Crippen LogP contribution in [0, 0.1) is 0 Å². The minimum atomic E-state index is -5.48. The van der Waals surface area contributed by atoms with Crippen LogP contribution in [0.4, 0.5) is 18.9 Å². The number of nitrogens with one attached hydrogen (secondary N) is 1. The maximum Gasteiger partial charge on any atom is 0.501 e. The van der Waals surface area contributed by atoms with Gasteiger partial charge in [-0.05, 0) is 42.5 Å². The summed E-state index contributed by atoms with van der Waals surface area (Å²) >= 11 is 5.72. The zero-order valence-corrected chi connectivity index (χ0v) is 13.2. The average molecular weight is 380 g/mol. The molecule has 2 aromatic rings. The Hall–Kier alpha value is -2.26. The molecule has 0 saturated carbocycles. The van der Waals surface area contributed by atoms with Crippen LogP contribution in [0.3, 0.4) is 0 Å². The highest BCUT2D eigenvalue weighted by Gasteiger charge is 2.46. The average Bonchev–Trinajstić information content (AvgIpc) is 2.50. The summed E-state index contributed by atoms with van der Waals surface area (Å²) in [4.78, 5) is 11.0. The Bertz CT molecular complexity index is 880. The minimum absolute atomic E-state index is 0.000473. The number of rotatable bonds is 3. The molecule has 0 aliphatic rings. The number of carbonyl (C=O) groups excluding carboxylic acids is 1. The highest BCUT2D eigenvalue weighted by Crippen LogP contribution is 2.30. The highest BCUT2D eigenvalue weighted by molar-refractivity contribution is 7.92. The van der Waals surface area contributed by atoms with Crippen LogP contribution in [0.1, 0.15) is 10.4 Å². The molecule has 0 aromatic heterocycles. The lowest BCUT2D eigenvalue weighted by Gasteiger charge is -2.10. The third kappa shape index (κ3) is 3.62. The van der Waals surface area contributed by atoms with Gasteiger partial charge in [-0.25, -0.2) is 8.42 Å². The van der Waals surface area contributed by atoms with Crippen molar-refractivity contribution in [3.05, 3.63) is 53.1 Å². The van der Waals surface area contributed by atoms with E-state index in [1.807, 2.05) is 0 Å². The van der Waals surface area contributed by atoms with Gasteiger partial charge >= 0.3 is 5.51 Å². The molecule has 1 amide bonds. The third-order valence-corrected chi connectivity index (χ3v) is 4.68. The van der Waals surface area contributed by atoms with E-state index in [-0.39, 0.29) is 22.0 Å². The van der Waals surface area contributed by atoms with Crippen LogP contribution in [0.15, 0.2) is 47.4 Å². The largest absolute Gasteiger partial charge is 0.506 e. The van der Waals surface area contributed by atoms with E-state index in [2.05, 4.69) is 5.32 Å². The molecule has 2 N–H and O–H groups in total. The molecule has 0 radical (unpaired) electrons. The van der Waals surface area contributed by atoms with Gasteiger partial charge in [0.05, 0.1) is 10.6 Å². The summed E-state index contributed by atoms with van der Waals surface area (Å²) in [5.41, 5.74) is -5.53. The molecule has 5 nitrogen and oxygen atoms in total. The van der Waals surface area contributed by atoms with E-state index in [0.29, 0.717) is 12.1 Å². The number of hydrogen-bond donors (Lipinski definition) is 2. The highest BCUT2D eigenvalue weighted by atomic mass is 35.5. The Morgan fingerprint density at radius 2 is 1.67 bits per heavy atom. The lowest BCUT2D eigenvalue weighted by molar-refractivity contribution is -0.0436. The lowest BCUT2D eigenvalue weighted by atomic mass is 10.2. The number of phenolic OH excluding ortho intramolecular Hbond substituents is 1. The minimum Gasteiger partial charge on any atom is -0.506 e. The molecule has 0 aliphatic carbocycles. The summed E-state index contributed by atoms with van der Waals surface area (Å²) in [5.74, 6) is -1.02. The zero-order valence-electron chi connectivity index (χ0n) is 11.6. The molecular formula is C14H9ClF3NO4S. The summed E-state index contributed by atoms with van der Waals surface area (Å²) in [6.07, 6.45) is 0. The Morgan fingerprint density at radius 1 is 1.08 bits per heavy atom. The molecule has 0 bridgehead atoms. The first-order chi connectivity index (χ1) is 11.0. The fourth-order valence-electron chi connectivity index (χ4n) is 1.72. The van der Waals surface area contributed by atoms with E-state index < -0.39 is 26.1 Å². The number of halogens is 4. The molecule has 0 aliphatic heterocycles. The standard InChI is InChI=1S/C14H9ClF3NO4S/c15-9-3-6-12(20)11(7-9)19-13(21)8-1-4-10(5-2-8)24(22,23)14(16,17)18/h1-7,20H,(H,19,21). The fraction of sp³-hybridized carbons (Fsp3) is 0.0714. The second kappa shape index (κ2) is 6.33. The number of hydrogen-bond acceptors (Lipinski definition) is 4. The van der Waals surface area contributed by atoms with Crippen LogP contribution < -0.4 is 5.32 Å². The van der Waals surface area contributed by atoms with Crippen LogP contribution >= 0.6 is 11.6 Å². The van der Waals surface area contributed by atoms with E-state index in [0.717, 1.165) is 12.1 Å². The van der Waals surface area contributed by atoms with Gasteiger partial charge in [0.2, 0.25) is 0 Å². The Labute approximate surface area is 139 Å². The van der Waals surface area contributed by atoms with E-state index >= 15 is 0 Å². The van der Waals surface area contributed by atoms with E-state index in [1.54, 1.807) is 0 Å². The number of alkyl halides is 3. The summed E-state index contributed by atoms with van der Waals surface area (Å²) in [5, 5.41) is 12.1.